The van der Waals surface area contributed by atoms with Crippen molar-refractivity contribution in [1.82, 2.24) is 10.6 Å². The zero-order valence-electron chi connectivity index (χ0n) is 17.6. The maximum atomic E-state index is 13.1. The molecular weight excluding hydrogens is 458 g/mol. The SMILES string of the molecule is N#CCNC(=O)C(Cc1ccc2ccccc2c1)c1ccc([N+](=O)[O-])c(O)c1C(=S)NC(N)=O. The summed E-state index contributed by atoms with van der Waals surface area (Å²) in [4.78, 5) is 34.6. The molecule has 3 rings (SSSR count). The van der Waals surface area contributed by atoms with E-state index in [0.29, 0.717) is 0 Å². The highest BCUT2D eigenvalue weighted by atomic mass is 32.1. The fraction of sp³-hybridized carbons (Fsp3) is 0.130. The van der Waals surface area contributed by atoms with Gasteiger partial charge < -0.3 is 16.2 Å². The minimum absolute atomic E-state index is 0.117. The fourth-order valence-electron chi connectivity index (χ4n) is 3.64. The van der Waals surface area contributed by atoms with Gasteiger partial charge in [-0.1, -0.05) is 60.7 Å². The Morgan fingerprint density at radius 2 is 1.88 bits per heavy atom. The summed E-state index contributed by atoms with van der Waals surface area (Å²) in [7, 11) is 0. The quantitative estimate of drug-likeness (QED) is 0.175. The summed E-state index contributed by atoms with van der Waals surface area (Å²) in [5.41, 5.74) is 5.11. The molecule has 1 unspecified atom stereocenters. The van der Waals surface area contributed by atoms with E-state index in [9.17, 15) is 24.8 Å². The summed E-state index contributed by atoms with van der Waals surface area (Å²) >= 11 is 5.16. The lowest BCUT2D eigenvalue weighted by molar-refractivity contribution is -0.385. The molecule has 1 atom stereocenters. The number of carbonyl (C=O) groups excluding carboxylic acids is 2. The first-order valence-electron chi connectivity index (χ1n) is 9.96. The Kier molecular flexibility index (Phi) is 7.35. The zero-order valence-corrected chi connectivity index (χ0v) is 18.5. The molecule has 172 valence electrons. The molecule has 0 fully saturated rings. The van der Waals surface area contributed by atoms with Crippen LogP contribution in [0.25, 0.3) is 10.8 Å². The number of nitro groups is 1. The van der Waals surface area contributed by atoms with Crippen molar-refractivity contribution in [3.63, 3.8) is 0 Å². The Morgan fingerprint density at radius 1 is 1.18 bits per heavy atom. The molecular formula is C23H19N5O5S. The Balaban J connectivity index is 2.15. The minimum Gasteiger partial charge on any atom is -0.502 e. The molecule has 3 aromatic rings. The molecule has 3 amide bonds. The molecule has 0 aliphatic carbocycles. The van der Waals surface area contributed by atoms with Crippen LogP contribution in [0.4, 0.5) is 10.5 Å². The number of primary amides is 1. The lowest BCUT2D eigenvalue weighted by atomic mass is 9.86. The molecule has 3 aromatic carbocycles. The molecule has 0 aromatic heterocycles. The van der Waals surface area contributed by atoms with Crippen LogP contribution in [0.2, 0.25) is 0 Å². The van der Waals surface area contributed by atoms with Crippen LogP contribution in [-0.4, -0.2) is 33.5 Å². The molecule has 0 bridgehead atoms. The first-order chi connectivity index (χ1) is 16.2. The molecule has 0 aliphatic heterocycles. The Morgan fingerprint density at radius 3 is 2.53 bits per heavy atom. The van der Waals surface area contributed by atoms with E-state index >= 15 is 0 Å². The van der Waals surface area contributed by atoms with Crippen molar-refractivity contribution in [1.29, 1.82) is 5.26 Å². The number of nitro benzene ring substituents is 1. The minimum atomic E-state index is -1.04. The number of nitrogens with two attached hydrogens (primary N) is 1. The number of amides is 3. The van der Waals surface area contributed by atoms with Crippen molar-refractivity contribution in [2.24, 2.45) is 5.73 Å². The van der Waals surface area contributed by atoms with Crippen molar-refractivity contribution in [3.05, 3.63) is 81.4 Å². The number of phenolic OH excluding ortho intramolecular Hbond substituents is 1. The second kappa shape index (κ2) is 10.4. The summed E-state index contributed by atoms with van der Waals surface area (Å²) in [6.07, 6.45) is 0.117. The van der Waals surface area contributed by atoms with Crippen LogP contribution >= 0.6 is 12.2 Å². The van der Waals surface area contributed by atoms with E-state index in [4.69, 9.17) is 23.2 Å². The van der Waals surface area contributed by atoms with Crippen LogP contribution in [0.1, 0.15) is 22.6 Å². The predicted molar refractivity (Wildman–Crippen MR) is 128 cm³/mol. The molecule has 10 nitrogen and oxygen atoms in total. The number of thiocarbonyl (C=S) groups is 1. The van der Waals surface area contributed by atoms with Crippen LogP contribution in [0.3, 0.4) is 0 Å². The molecule has 0 heterocycles. The van der Waals surface area contributed by atoms with Crippen molar-refractivity contribution < 1.29 is 19.6 Å². The first-order valence-corrected chi connectivity index (χ1v) is 10.4. The number of fused-ring (bicyclic) bond motifs is 1. The van der Waals surface area contributed by atoms with Gasteiger partial charge in [0.2, 0.25) is 11.7 Å². The van der Waals surface area contributed by atoms with E-state index in [0.717, 1.165) is 22.4 Å². The van der Waals surface area contributed by atoms with Gasteiger partial charge in [-0.25, -0.2) is 4.79 Å². The molecule has 0 saturated heterocycles. The van der Waals surface area contributed by atoms with E-state index in [1.807, 2.05) is 48.5 Å². The van der Waals surface area contributed by atoms with Crippen molar-refractivity contribution in [3.8, 4) is 11.8 Å². The first kappa shape index (κ1) is 24.1. The summed E-state index contributed by atoms with van der Waals surface area (Å²) in [5.74, 6) is -2.38. The van der Waals surface area contributed by atoms with Crippen LogP contribution in [0.5, 0.6) is 5.75 Å². The third-order valence-electron chi connectivity index (χ3n) is 5.14. The van der Waals surface area contributed by atoms with E-state index < -0.39 is 34.2 Å². The van der Waals surface area contributed by atoms with Gasteiger partial charge in [0.25, 0.3) is 0 Å². The Bertz CT molecular complexity index is 1350. The number of nitriles is 1. The lowest BCUT2D eigenvalue weighted by Crippen LogP contribution is -2.36. The van der Waals surface area contributed by atoms with Gasteiger partial charge in [-0.05, 0) is 28.3 Å². The van der Waals surface area contributed by atoms with E-state index in [2.05, 4.69) is 10.6 Å². The second-order valence-corrected chi connectivity index (χ2v) is 7.70. The molecule has 34 heavy (non-hydrogen) atoms. The number of phenols is 1. The van der Waals surface area contributed by atoms with Crippen LogP contribution in [0.15, 0.2) is 54.6 Å². The van der Waals surface area contributed by atoms with Crippen LogP contribution in [0, 0.1) is 21.4 Å². The molecule has 0 aliphatic rings. The van der Waals surface area contributed by atoms with Gasteiger partial charge in [0.15, 0.2) is 0 Å². The normalized spacial score (nSPS) is 11.3. The Labute approximate surface area is 199 Å². The maximum Gasteiger partial charge on any atom is 0.317 e. The number of aromatic hydroxyl groups is 1. The summed E-state index contributed by atoms with van der Waals surface area (Å²) < 4.78 is 0. The number of benzene rings is 3. The molecule has 5 N–H and O–H groups in total. The molecule has 0 spiro atoms. The Hall–Kier alpha value is -4.56. The third-order valence-corrected chi connectivity index (χ3v) is 5.44. The van der Waals surface area contributed by atoms with E-state index in [1.165, 1.54) is 6.07 Å². The van der Waals surface area contributed by atoms with E-state index in [1.54, 1.807) is 0 Å². The van der Waals surface area contributed by atoms with Crippen LogP contribution < -0.4 is 16.4 Å². The second-order valence-electron chi connectivity index (χ2n) is 7.29. The number of carbonyl (C=O) groups is 2. The predicted octanol–water partition coefficient (Wildman–Crippen LogP) is 2.76. The number of nitrogens with one attached hydrogen (secondary N) is 2. The smallest absolute Gasteiger partial charge is 0.317 e. The van der Waals surface area contributed by atoms with Crippen LogP contribution in [-0.2, 0) is 11.2 Å². The molecule has 0 radical (unpaired) electrons. The van der Waals surface area contributed by atoms with Gasteiger partial charge in [-0.15, -0.1) is 0 Å². The van der Waals surface area contributed by atoms with Gasteiger partial charge in [-0.2, -0.15) is 5.26 Å². The number of nitrogens with zero attached hydrogens (tertiary/aromatic N) is 2. The highest BCUT2D eigenvalue weighted by molar-refractivity contribution is 7.80. The monoisotopic (exact) mass is 477 g/mol. The van der Waals surface area contributed by atoms with Crippen molar-refractivity contribution in [2.75, 3.05) is 6.54 Å². The van der Waals surface area contributed by atoms with E-state index in [-0.39, 0.29) is 29.1 Å². The van der Waals surface area contributed by atoms with Gasteiger partial charge in [0.1, 0.15) is 11.5 Å². The highest BCUT2D eigenvalue weighted by Crippen LogP contribution is 2.37. The lowest BCUT2D eigenvalue weighted by Gasteiger charge is -2.21. The third kappa shape index (κ3) is 5.25. The number of hydrogen-bond donors (Lipinski definition) is 4. The van der Waals surface area contributed by atoms with Crippen molar-refractivity contribution in [2.45, 2.75) is 12.3 Å². The van der Waals surface area contributed by atoms with Gasteiger partial charge in [-0.3, -0.25) is 20.2 Å². The number of hydrogen-bond acceptors (Lipinski definition) is 7. The summed E-state index contributed by atoms with van der Waals surface area (Å²) in [6, 6.07) is 16.4. The zero-order chi connectivity index (χ0) is 24.8. The molecule has 11 heteroatoms. The van der Waals surface area contributed by atoms with Gasteiger partial charge in [0.05, 0.1) is 22.5 Å². The maximum absolute atomic E-state index is 13.1. The summed E-state index contributed by atoms with van der Waals surface area (Å²) in [5, 5.41) is 37.4. The largest absolute Gasteiger partial charge is 0.502 e. The fourth-order valence-corrected chi connectivity index (χ4v) is 3.96. The number of urea groups is 1. The average molecular weight is 478 g/mol. The standard InChI is InChI=1S/C23H19N5O5S/c24-9-10-26-21(30)17(12-13-5-6-14-3-1-2-4-15(14)11-13)16-7-8-18(28(32)33)20(29)19(16)22(34)27-23(25)31/h1-8,11,17,29H,10,12H2,(H,26,30)(H3,25,27,31,34). The average Bonchev–Trinajstić information content (AvgIpc) is 2.79. The molecule has 0 saturated carbocycles. The number of rotatable bonds is 7. The summed E-state index contributed by atoms with van der Waals surface area (Å²) in [6.45, 7) is -0.272. The highest BCUT2D eigenvalue weighted by Gasteiger charge is 2.31. The van der Waals surface area contributed by atoms with Gasteiger partial charge in [0, 0.05) is 6.07 Å². The van der Waals surface area contributed by atoms with Crippen molar-refractivity contribution >= 4 is 45.6 Å². The topological polar surface area (TPSA) is 171 Å². The van der Waals surface area contributed by atoms with Gasteiger partial charge >= 0.3 is 11.7 Å².